The van der Waals surface area contributed by atoms with Crippen molar-refractivity contribution in [1.82, 2.24) is 9.55 Å². The van der Waals surface area contributed by atoms with Gasteiger partial charge in [0.25, 0.3) is 16.9 Å². The molecule has 5 atom stereocenters. The summed E-state index contributed by atoms with van der Waals surface area (Å²) in [6.07, 6.45) is -4.48. The number of aromatic nitrogens is 2. The van der Waals surface area contributed by atoms with Crippen molar-refractivity contribution >= 4 is 28.8 Å². The lowest BCUT2D eigenvalue weighted by Gasteiger charge is -2.35. The minimum absolute atomic E-state index is 0.136. The van der Waals surface area contributed by atoms with Gasteiger partial charge in [-0.05, 0) is 18.7 Å². The fourth-order valence-corrected chi connectivity index (χ4v) is 4.36. The first-order valence-electron chi connectivity index (χ1n) is 10.2. The molecule has 2 aromatic rings. The molecule has 0 fully saturated rings. The number of nitro groups is 2. The van der Waals surface area contributed by atoms with Crippen LogP contribution in [0.2, 0.25) is 0 Å². The number of rotatable bonds is 12. The highest BCUT2D eigenvalue weighted by atomic mass is 32.2. The molecule has 192 valence electrons. The maximum absolute atomic E-state index is 12.6. The van der Waals surface area contributed by atoms with E-state index >= 15 is 0 Å². The Kier molecular flexibility index (Phi) is 9.49. The molecule has 0 radical (unpaired) electrons. The molecule has 16 heteroatoms. The molecule has 0 aliphatic rings. The zero-order valence-electron chi connectivity index (χ0n) is 18.6. The van der Waals surface area contributed by atoms with Gasteiger partial charge in [-0.2, -0.15) is 0 Å². The standard InChI is InChI=1S/C19H25N5O10S/c1-3-35-18(22-7-9(2)17(29)21-19(22)30)14(16(28)15(27)13(26)8-25)20-11-5-4-10(23(31)32)6-12(11)24(33)34/h4-7,13-16,18,20,25-28H,3,8H2,1-2H3,(H,21,29,30). The number of H-pyrrole nitrogens is 1. The van der Waals surface area contributed by atoms with Gasteiger partial charge in [-0.3, -0.25) is 34.6 Å². The lowest BCUT2D eigenvalue weighted by atomic mass is 10.00. The molecular formula is C19H25N5O10S. The summed E-state index contributed by atoms with van der Waals surface area (Å²) in [6.45, 7) is 2.21. The molecule has 0 aliphatic carbocycles. The minimum atomic E-state index is -1.96. The summed E-state index contributed by atoms with van der Waals surface area (Å²) in [7, 11) is 0. The van der Waals surface area contributed by atoms with Crippen molar-refractivity contribution in [3.8, 4) is 0 Å². The van der Waals surface area contributed by atoms with Crippen LogP contribution in [0.3, 0.4) is 0 Å². The van der Waals surface area contributed by atoms with E-state index in [2.05, 4.69) is 10.3 Å². The van der Waals surface area contributed by atoms with E-state index in [4.69, 9.17) is 0 Å². The SMILES string of the molecule is CCSC(C(Nc1ccc([N+](=O)[O-])cc1[N+](=O)[O-])C(O)C(O)C(O)CO)n1cc(C)c(=O)[nH]c1=O. The molecule has 0 saturated heterocycles. The van der Waals surface area contributed by atoms with Gasteiger partial charge >= 0.3 is 5.69 Å². The highest BCUT2D eigenvalue weighted by Gasteiger charge is 2.39. The van der Waals surface area contributed by atoms with Crippen molar-refractivity contribution in [2.45, 2.75) is 43.6 Å². The first kappa shape index (κ1) is 27.9. The van der Waals surface area contributed by atoms with Crippen LogP contribution in [0.15, 0.2) is 34.0 Å². The molecule has 0 saturated carbocycles. The zero-order valence-corrected chi connectivity index (χ0v) is 19.4. The van der Waals surface area contributed by atoms with Crippen LogP contribution >= 0.6 is 11.8 Å². The van der Waals surface area contributed by atoms with Crippen LogP contribution in [0.1, 0.15) is 17.9 Å². The van der Waals surface area contributed by atoms with Crippen molar-refractivity contribution in [2.75, 3.05) is 17.7 Å². The first-order valence-corrected chi connectivity index (χ1v) is 11.3. The second-order valence-electron chi connectivity index (χ2n) is 7.44. The first-order chi connectivity index (χ1) is 16.4. The Hall–Kier alpha value is -3.31. The van der Waals surface area contributed by atoms with Gasteiger partial charge in [-0.15, -0.1) is 11.8 Å². The van der Waals surface area contributed by atoms with Crippen LogP contribution < -0.4 is 16.6 Å². The van der Waals surface area contributed by atoms with Gasteiger partial charge in [-0.1, -0.05) is 6.92 Å². The zero-order chi connectivity index (χ0) is 26.4. The average molecular weight is 516 g/mol. The van der Waals surface area contributed by atoms with Crippen LogP contribution in [0, 0.1) is 27.2 Å². The second kappa shape index (κ2) is 11.9. The van der Waals surface area contributed by atoms with E-state index in [-0.39, 0.29) is 11.3 Å². The number of anilines is 1. The van der Waals surface area contributed by atoms with Crippen molar-refractivity contribution in [3.63, 3.8) is 0 Å². The number of nitrogens with one attached hydrogen (secondary N) is 2. The van der Waals surface area contributed by atoms with E-state index in [1.54, 1.807) is 6.92 Å². The predicted octanol–water partition coefficient (Wildman–Crippen LogP) is -0.531. The third kappa shape index (κ3) is 6.43. The maximum Gasteiger partial charge on any atom is 0.329 e. The van der Waals surface area contributed by atoms with Crippen LogP contribution in [0.5, 0.6) is 0 Å². The van der Waals surface area contributed by atoms with Gasteiger partial charge < -0.3 is 25.7 Å². The van der Waals surface area contributed by atoms with Crippen LogP contribution in [-0.2, 0) is 0 Å². The summed E-state index contributed by atoms with van der Waals surface area (Å²) < 4.78 is 1.04. The third-order valence-electron chi connectivity index (χ3n) is 5.07. The molecule has 0 aliphatic heterocycles. The smallest absolute Gasteiger partial charge is 0.329 e. The molecule has 0 bridgehead atoms. The Morgan fingerprint density at radius 3 is 2.34 bits per heavy atom. The fourth-order valence-electron chi connectivity index (χ4n) is 3.26. The molecule has 5 unspecified atom stereocenters. The topological polar surface area (TPSA) is 234 Å². The van der Waals surface area contributed by atoms with E-state index in [1.807, 2.05) is 0 Å². The van der Waals surface area contributed by atoms with Crippen molar-refractivity contribution in [2.24, 2.45) is 0 Å². The summed E-state index contributed by atoms with van der Waals surface area (Å²) in [5.74, 6) is 0.335. The number of thioether (sulfide) groups is 1. The van der Waals surface area contributed by atoms with E-state index in [0.29, 0.717) is 11.8 Å². The van der Waals surface area contributed by atoms with E-state index < -0.39 is 68.8 Å². The number of benzene rings is 1. The van der Waals surface area contributed by atoms with Crippen molar-refractivity contribution in [1.29, 1.82) is 0 Å². The number of nitrogens with zero attached hydrogens (tertiary/aromatic N) is 3. The summed E-state index contributed by atoms with van der Waals surface area (Å²) in [4.78, 5) is 47.5. The minimum Gasteiger partial charge on any atom is -0.394 e. The normalized spacial score (nSPS) is 15.6. The summed E-state index contributed by atoms with van der Waals surface area (Å²) in [5.41, 5.74) is -2.97. The van der Waals surface area contributed by atoms with Crippen molar-refractivity contribution < 1.29 is 30.3 Å². The summed E-state index contributed by atoms with van der Waals surface area (Å²) in [6, 6.07) is 1.26. The Morgan fingerprint density at radius 2 is 1.80 bits per heavy atom. The van der Waals surface area contributed by atoms with Gasteiger partial charge in [0, 0.05) is 17.8 Å². The van der Waals surface area contributed by atoms with Crippen LogP contribution in [0.25, 0.3) is 0 Å². The number of nitro benzene ring substituents is 2. The molecule has 2 rings (SSSR count). The van der Waals surface area contributed by atoms with E-state index in [1.165, 1.54) is 13.1 Å². The van der Waals surface area contributed by atoms with Gasteiger partial charge in [0.2, 0.25) is 0 Å². The monoisotopic (exact) mass is 515 g/mol. The molecule has 1 heterocycles. The molecular weight excluding hydrogens is 490 g/mol. The molecule has 6 N–H and O–H groups in total. The summed E-state index contributed by atoms with van der Waals surface area (Å²) >= 11 is 1.06. The number of non-ortho nitro benzene ring substituents is 1. The third-order valence-corrected chi connectivity index (χ3v) is 6.27. The highest BCUT2D eigenvalue weighted by molar-refractivity contribution is 7.99. The predicted molar refractivity (Wildman–Crippen MR) is 125 cm³/mol. The number of hydrogen-bond donors (Lipinski definition) is 6. The lowest BCUT2D eigenvalue weighted by Crippen LogP contribution is -2.52. The number of aliphatic hydroxyl groups is 4. The van der Waals surface area contributed by atoms with Crippen molar-refractivity contribution in [3.05, 3.63) is 71.0 Å². The fraction of sp³-hybridized carbons (Fsp3) is 0.474. The molecule has 35 heavy (non-hydrogen) atoms. The van der Waals surface area contributed by atoms with Crippen LogP contribution in [0.4, 0.5) is 17.1 Å². The van der Waals surface area contributed by atoms with Gasteiger partial charge in [0.1, 0.15) is 29.4 Å². The number of aromatic amines is 1. The molecule has 15 nitrogen and oxygen atoms in total. The van der Waals surface area contributed by atoms with Gasteiger partial charge in [0.05, 0.1) is 28.6 Å². The molecule has 1 aromatic heterocycles. The highest BCUT2D eigenvalue weighted by Crippen LogP contribution is 2.35. The molecule has 0 spiro atoms. The van der Waals surface area contributed by atoms with Gasteiger partial charge in [-0.25, -0.2) is 4.79 Å². The van der Waals surface area contributed by atoms with Gasteiger partial charge in [0.15, 0.2) is 0 Å². The Morgan fingerprint density at radius 1 is 1.14 bits per heavy atom. The Balaban J connectivity index is 2.70. The number of aryl methyl sites for hydroxylation is 1. The van der Waals surface area contributed by atoms with E-state index in [9.17, 15) is 50.2 Å². The molecule has 0 amide bonds. The second-order valence-corrected chi connectivity index (χ2v) is 8.84. The largest absolute Gasteiger partial charge is 0.394 e. The number of hydrogen-bond acceptors (Lipinski definition) is 12. The Labute approximate surface area is 201 Å². The van der Waals surface area contributed by atoms with E-state index in [0.717, 1.165) is 28.5 Å². The summed E-state index contributed by atoms with van der Waals surface area (Å²) in [5, 5.41) is 64.6. The quantitative estimate of drug-likeness (QED) is 0.155. The maximum atomic E-state index is 12.6. The average Bonchev–Trinajstić information content (AvgIpc) is 2.82. The Bertz CT molecular complexity index is 1190. The van der Waals surface area contributed by atoms with Crippen LogP contribution in [-0.4, -0.2) is 76.5 Å². The molecule has 1 aromatic carbocycles. The number of aliphatic hydroxyl groups excluding tert-OH is 4. The lowest BCUT2D eigenvalue weighted by molar-refractivity contribution is -0.393.